The van der Waals surface area contributed by atoms with E-state index in [9.17, 15) is 5.11 Å². The maximum absolute atomic E-state index is 9.53. The van der Waals surface area contributed by atoms with E-state index in [1.165, 1.54) is 0 Å². The van der Waals surface area contributed by atoms with Crippen molar-refractivity contribution in [2.75, 3.05) is 20.5 Å². The summed E-state index contributed by atoms with van der Waals surface area (Å²) in [7, 11) is 1.65. The van der Waals surface area contributed by atoms with Crippen LogP contribution in [-0.2, 0) is 6.42 Å². The molecule has 25 heavy (non-hydrogen) atoms. The lowest BCUT2D eigenvalue weighted by atomic mass is 9.95. The van der Waals surface area contributed by atoms with Gasteiger partial charge in [0.1, 0.15) is 5.75 Å². The summed E-state index contributed by atoms with van der Waals surface area (Å²) in [5.41, 5.74) is 4.86. The number of fused-ring (bicyclic) bond motifs is 2. The zero-order valence-corrected chi connectivity index (χ0v) is 14.2. The molecule has 0 fully saturated rings. The third kappa shape index (κ3) is 2.66. The molecule has 0 atom stereocenters. The van der Waals surface area contributed by atoms with Crippen molar-refractivity contribution in [1.82, 2.24) is 4.98 Å². The Morgan fingerprint density at radius 2 is 1.84 bits per heavy atom. The molecule has 2 heterocycles. The van der Waals surface area contributed by atoms with Crippen molar-refractivity contribution < 1.29 is 19.3 Å². The number of aliphatic hydroxyl groups excluding tert-OH is 1. The molecule has 0 aliphatic carbocycles. The second-order valence-corrected chi connectivity index (χ2v) is 5.99. The van der Waals surface area contributed by atoms with Crippen LogP contribution in [0.3, 0.4) is 0 Å². The van der Waals surface area contributed by atoms with Crippen LogP contribution in [0.4, 0.5) is 0 Å². The van der Waals surface area contributed by atoms with E-state index in [1.807, 2.05) is 36.4 Å². The molecule has 0 unspecified atom stereocenters. The third-order valence-electron chi connectivity index (χ3n) is 4.59. The maximum Gasteiger partial charge on any atom is 0.231 e. The van der Waals surface area contributed by atoms with Gasteiger partial charge >= 0.3 is 0 Å². The SMILES string of the molecule is COc1ccc(-c2nc3cc4c(cc3c(C)c2CCO)OCO4)cc1. The van der Waals surface area contributed by atoms with Crippen molar-refractivity contribution in [3.05, 3.63) is 47.5 Å². The molecule has 0 spiro atoms. The van der Waals surface area contributed by atoms with Crippen LogP contribution in [0.5, 0.6) is 17.2 Å². The average Bonchev–Trinajstić information content (AvgIpc) is 3.10. The van der Waals surface area contributed by atoms with Crippen molar-refractivity contribution in [3.8, 4) is 28.5 Å². The molecular weight excluding hydrogens is 318 g/mol. The first kappa shape index (κ1) is 15.7. The fourth-order valence-corrected chi connectivity index (χ4v) is 3.26. The number of pyridine rings is 1. The van der Waals surface area contributed by atoms with Crippen molar-refractivity contribution >= 4 is 10.9 Å². The van der Waals surface area contributed by atoms with E-state index < -0.39 is 0 Å². The molecular formula is C20H19NO4. The van der Waals surface area contributed by atoms with Crippen molar-refractivity contribution in [1.29, 1.82) is 0 Å². The molecule has 3 aromatic rings. The van der Waals surface area contributed by atoms with Gasteiger partial charge in [0.15, 0.2) is 11.5 Å². The summed E-state index contributed by atoms with van der Waals surface area (Å²) < 4.78 is 16.2. The number of aryl methyl sites for hydroxylation is 1. The monoisotopic (exact) mass is 337 g/mol. The number of nitrogens with zero attached hydrogens (tertiary/aromatic N) is 1. The van der Waals surface area contributed by atoms with Crippen LogP contribution >= 0.6 is 0 Å². The Bertz CT molecular complexity index is 935. The summed E-state index contributed by atoms with van der Waals surface area (Å²) in [4.78, 5) is 4.87. The summed E-state index contributed by atoms with van der Waals surface area (Å²) in [6, 6.07) is 11.7. The van der Waals surface area contributed by atoms with Crippen molar-refractivity contribution in [3.63, 3.8) is 0 Å². The van der Waals surface area contributed by atoms with Crippen LogP contribution in [0.25, 0.3) is 22.2 Å². The Morgan fingerprint density at radius 1 is 1.12 bits per heavy atom. The molecule has 5 heteroatoms. The highest BCUT2D eigenvalue weighted by atomic mass is 16.7. The molecule has 0 radical (unpaired) electrons. The Kier molecular flexibility index (Phi) is 3.93. The summed E-state index contributed by atoms with van der Waals surface area (Å²) in [6.07, 6.45) is 0.546. The van der Waals surface area contributed by atoms with E-state index in [1.54, 1.807) is 7.11 Å². The van der Waals surface area contributed by atoms with Crippen LogP contribution < -0.4 is 14.2 Å². The van der Waals surface area contributed by atoms with Gasteiger partial charge in [0.05, 0.1) is 18.3 Å². The number of rotatable bonds is 4. The Hall–Kier alpha value is -2.79. The smallest absolute Gasteiger partial charge is 0.231 e. The first-order chi connectivity index (χ1) is 12.2. The van der Waals surface area contributed by atoms with Crippen LogP contribution in [0.2, 0.25) is 0 Å². The number of benzene rings is 2. The Balaban J connectivity index is 1.94. The Labute approximate surface area is 145 Å². The molecule has 4 rings (SSSR count). The molecule has 5 nitrogen and oxygen atoms in total. The summed E-state index contributed by atoms with van der Waals surface area (Å²) in [5.74, 6) is 2.26. The highest BCUT2D eigenvalue weighted by Gasteiger charge is 2.19. The number of aromatic nitrogens is 1. The normalized spacial score (nSPS) is 12.6. The van der Waals surface area contributed by atoms with Crippen LogP contribution in [0.15, 0.2) is 36.4 Å². The predicted octanol–water partition coefficient (Wildman–Crippen LogP) is 3.48. The van der Waals surface area contributed by atoms with E-state index >= 15 is 0 Å². The van der Waals surface area contributed by atoms with E-state index in [0.29, 0.717) is 6.42 Å². The summed E-state index contributed by atoms with van der Waals surface area (Å²) >= 11 is 0. The largest absolute Gasteiger partial charge is 0.497 e. The number of hydrogen-bond donors (Lipinski definition) is 1. The zero-order chi connectivity index (χ0) is 17.4. The zero-order valence-electron chi connectivity index (χ0n) is 14.2. The van der Waals surface area contributed by atoms with Gasteiger partial charge in [-0.15, -0.1) is 0 Å². The van der Waals surface area contributed by atoms with Crippen LogP contribution in [0, 0.1) is 6.92 Å². The topological polar surface area (TPSA) is 60.8 Å². The molecule has 128 valence electrons. The van der Waals surface area contributed by atoms with E-state index in [-0.39, 0.29) is 13.4 Å². The molecule has 2 aromatic carbocycles. The fraction of sp³-hybridized carbons (Fsp3) is 0.250. The lowest BCUT2D eigenvalue weighted by Gasteiger charge is -2.15. The van der Waals surface area contributed by atoms with Gasteiger partial charge in [0.2, 0.25) is 6.79 Å². The van der Waals surface area contributed by atoms with Crippen molar-refractivity contribution in [2.45, 2.75) is 13.3 Å². The first-order valence-corrected chi connectivity index (χ1v) is 8.19. The van der Waals surface area contributed by atoms with Crippen LogP contribution in [-0.4, -0.2) is 30.6 Å². The predicted molar refractivity (Wildman–Crippen MR) is 95.4 cm³/mol. The minimum absolute atomic E-state index is 0.0712. The number of hydrogen-bond acceptors (Lipinski definition) is 5. The summed E-state index contributed by atoms with van der Waals surface area (Å²) in [5, 5.41) is 10.6. The third-order valence-corrected chi connectivity index (χ3v) is 4.59. The molecule has 1 aromatic heterocycles. The number of methoxy groups -OCH3 is 1. The standard InChI is InChI=1S/C20H19NO4/c1-12-15(7-8-22)20(13-3-5-14(23-2)6-4-13)21-17-10-19-18(9-16(12)17)24-11-25-19/h3-6,9-10,22H,7-8,11H2,1-2H3. The van der Waals surface area contributed by atoms with E-state index in [4.69, 9.17) is 19.2 Å². The Morgan fingerprint density at radius 3 is 2.52 bits per heavy atom. The van der Waals surface area contributed by atoms with Gasteiger partial charge in [-0.25, -0.2) is 4.98 Å². The highest BCUT2D eigenvalue weighted by Crippen LogP contribution is 2.39. The summed E-state index contributed by atoms with van der Waals surface area (Å²) in [6.45, 7) is 2.37. The molecule has 0 amide bonds. The molecule has 0 saturated heterocycles. The number of aliphatic hydroxyl groups is 1. The second-order valence-electron chi connectivity index (χ2n) is 5.99. The molecule has 1 aliphatic rings. The molecule has 0 saturated carbocycles. The van der Waals surface area contributed by atoms with Gasteiger partial charge in [0.25, 0.3) is 0 Å². The van der Waals surface area contributed by atoms with Gasteiger partial charge in [-0.2, -0.15) is 0 Å². The fourth-order valence-electron chi connectivity index (χ4n) is 3.26. The molecule has 0 bridgehead atoms. The van der Waals surface area contributed by atoms with Crippen molar-refractivity contribution in [2.24, 2.45) is 0 Å². The number of ether oxygens (including phenoxy) is 3. The molecule has 1 N–H and O–H groups in total. The average molecular weight is 337 g/mol. The van der Waals surface area contributed by atoms with Gasteiger partial charge in [0, 0.05) is 23.6 Å². The first-order valence-electron chi connectivity index (χ1n) is 8.19. The van der Waals surface area contributed by atoms with Gasteiger partial charge in [-0.3, -0.25) is 0 Å². The highest BCUT2D eigenvalue weighted by molar-refractivity contribution is 5.90. The van der Waals surface area contributed by atoms with Gasteiger partial charge in [-0.1, -0.05) is 0 Å². The van der Waals surface area contributed by atoms with Gasteiger partial charge < -0.3 is 19.3 Å². The molecule has 1 aliphatic heterocycles. The second kappa shape index (κ2) is 6.26. The van der Waals surface area contributed by atoms with E-state index in [2.05, 4.69) is 6.92 Å². The van der Waals surface area contributed by atoms with Crippen LogP contribution in [0.1, 0.15) is 11.1 Å². The maximum atomic E-state index is 9.53. The lowest BCUT2D eigenvalue weighted by Crippen LogP contribution is -2.02. The van der Waals surface area contributed by atoms with E-state index in [0.717, 1.165) is 50.5 Å². The lowest BCUT2D eigenvalue weighted by molar-refractivity contribution is 0.174. The minimum Gasteiger partial charge on any atom is -0.497 e. The quantitative estimate of drug-likeness (QED) is 0.790. The minimum atomic E-state index is 0.0712. The van der Waals surface area contributed by atoms with Gasteiger partial charge in [-0.05, 0) is 54.8 Å².